The van der Waals surface area contributed by atoms with Gasteiger partial charge in [-0.25, -0.2) is 0 Å². The third kappa shape index (κ3) is 4.17. The number of anilines is 1. The van der Waals surface area contributed by atoms with E-state index in [1.165, 1.54) is 11.3 Å². The van der Waals surface area contributed by atoms with Crippen molar-refractivity contribution in [2.45, 2.75) is 13.8 Å². The first kappa shape index (κ1) is 14.7. The van der Waals surface area contributed by atoms with Crippen molar-refractivity contribution in [2.75, 3.05) is 24.6 Å². The molecule has 0 bridgehead atoms. The summed E-state index contributed by atoms with van der Waals surface area (Å²) < 4.78 is 5.74. The van der Waals surface area contributed by atoms with Crippen LogP contribution in [-0.4, -0.2) is 19.7 Å². The van der Waals surface area contributed by atoms with Crippen LogP contribution in [0.2, 0.25) is 5.02 Å². The van der Waals surface area contributed by atoms with E-state index in [1.54, 1.807) is 0 Å². The molecule has 0 saturated carbocycles. The van der Waals surface area contributed by atoms with Crippen LogP contribution in [0.4, 0.5) is 5.69 Å². The third-order valence-electron chi connectivity index (χ3n) is 3.17. The molecule has 3 heteroatoms. The first-order valence-corrected chi connectivity index (χ1v) is 7.27. The Bertz CT molecular complexity index is 556. The highest BCUT2D eigenvalue weighted by atomic mass is 35.5. The quantitative estimate of drug-likeness (QED) is 0.773. The van der Waals surface area contributed by atoms with Crippen LogP contribution >= 0.6 is 11.6 Å². The Morgan fingerprint density at radius 1 is 1.10 bits per heavy atom. The maximum atomic E-state index is 5.94. The average molecular weight is 290 g/mol. The van der Waals surface area contributed by atoms with Crippen molar-refractivity contribution in [2.24, 2.45) is 0 Å². The summed E-state index contributed by atoms with van der Waals surface area (Å²) in [6.07, 6.45) is 0. The number of likely N-dealkylation sites (N-methyl/N-ethyl adjacent to an activating group) is 1. The molecule has 0 spiro atoms. The van der Waals surface area contributed by atoms with Gasteiger partial charge in [0.15, 0.2) is 0 Å². The molecule has 0 aromatic heterocycles. The molecule has 0 saturated heterocycles. The van der Waals surface area contributed by atoms with Gasteiger partial charge in [-0.05, 0) is 49.7 Å². The Kier molecular flexibility index (Phi) is 5.31. The van der Waals surface area contributed by atoms with Crippen LogP contribution in [-0.2, 0) is 0 Å². The highest BCUT2D eigenvalue weighted by Crippen LogP contribution is 2.18. The maximum absolute atomic E-state index is 5.94. The number of aryl methyl sites for hydroxylation is 1. The third-order valence-corrected chi connectivity index (χ3v) is 3.41. The van der Waals surface area contributed by atoms with E-state index in [0.717, 1.165) is 18.8 Å². The van der Waals surface area contributed by atoms with Crippen molar-refractivity contribution in [1.82, 2.24) is 0 Å². The first-order chi connectivity index (χ1) is 9.69. The molecule has 0 heterocycles. The number of benzene rings is 2. The molecular formula is C17H20ClNO. The van der Waals surface area contributed by atoms with Crippen LogP contribution in [0.3, 0.4) is 0 Å². The van der Waals surface area contributed by atoms with Crippen molar-refractivity contribution in [3.05, 3.63) is 59.1 Å². The van der Waals surface area contributed by atoms with E-state index in [1.807, 2.05) is 24.3 Å². The summed E-state index contributed by atoms with van der Waals surface area (Å²) >= 11 is 5.94. The standard InChI is InChI=1S/C17H20ClNO/c1-3-19(16-8-4-6-14(2)12-16)10-11-20-17-9-5-7-15(18)13-17/h4-9,12-13H,3,10-11H2,1-2H3. The van der Waals surface area contributed by atoms with Crippen LogP contribution in [0.5, 0.6) is 5.75 Å². The summed E-state index contributed by atoms with van der Waals surface area (Å²) in [6, 6.07) is 16.0. The molecule has 0 aliphatic carbocycles. The smallest absolute Gasteiger partial charge is 0.120 e. The molecule has 2 aromatic rings. The van der Waals surface area contributed by atoms with Gasteiger partial charge in [0.1, 0.15) is 12.4 Å². The molecular weight excluding hydrogens is 270 g/mol. The Labute approximate surface area is 125 Å². The minimum atomic E-state index is 0.641. The molecule has 0 radical (unpaired) electrons. The predicted molar refractivity (Wildman–Crippen MR) is 86.0 cm³/mol. The highest BCUT2D eigenvalue weighted by molar-refractivity contribution is 6.30. The van der Waals surface area contributed by atoms with E-state index in [2.05, 4.69) is 43.0 Å². The molecule has 20 heavy (non-hydrogen) atoms. The van der Waals surface area contributed by atoms with Gasteiger partial charge in [-0.1, -0.05) is 29.8 Å². The lowest BCUT2D eigenvalue weighted by Gasteiger charge is -2.23. The molecule has 2 rings (SSSR count). The summed E-state index contributed by atoms with van der Waals surface area (Å²) in [4.78, 5) is 2.30. The van der Waals surface area contributed by atoms with Crippen LogP contribution < -0.4 is 9.64 Å². The number of hydrogen-bond acceptors (Lipinski definition) is 2. The highest BCUT2D eigenvalue weighted by Gasteiger charge is 2.04. The Balaban J connectivity index is 1.91. The lowest BCUT2D eigenvalue weighted by molar-refractivity contribution is 0.324. The zero-order chi connectivity index (χ0) is 14.4. The Morgan fingerprint density at radius 2 is 1.90 bits per heavy atom. The number of ether oxygens (including phenoxy) is 1. The van der Waals surface area contributed by atoms with Crippen molar-refractivity contribution < 1.29 is 4.74 Å². The summed E-state index contributed by atoms with van der Waals surface area (Å²) in [5, 5.41) is 0.702. The van der Waals surface area contributed by atoms with Crippen molar-refractivity contribution in [3.8, 4) is 5.75 Å². The van der Waals surface area contributed by atoms with Gasteiger partial charge in [-0.2, -0.15) is 0 Å². The monoisotopic (exact) mass is 289 g/mol. The first-order valence-electron chi connectivity index (χ1n) is 6.89. The van der Waals surface area contributed by atoms with Gasteiger partial charge in [0.25, 0.3) is 0 Å². The molecule has 0 aliphatic heterocycles. The molecule has 0 unspecified atom stereocenters. The second-order valence-corrected chi connectivity index (χ2v) is 5.16. The van der Waals surface area contributed by atoms with E-state index in [-0.39, 0.29) is 0 Å². The van der Waals surface area contributed by atoms with Gasteiger partial charge in [-0.3, -0.25) is 0 Å². The van der Waals surface area contributed by atoms with E-state index in [9.17, 15) is 0 Å². The van der Waals surface area contributed by atoms with Gasteiger partial charge in [0.05, 0.1) is 6.54 Å². The Morgan fingerprint density at radius 3 is 2.60 bits per heavy atom. The SMILES string of the molecule is CCN(CCOc1cccc(Cl)c1)c1cccc(C)c1. The molecule has 106 valence electrons. The fourth-order valence-corrected chi connectivity index (χ4v) is 2.31. The minimum absolute atomic E-state index is 0.641. The summed E-state index contributed by atoms with van der Waals surface area (Å²) in [6.45, 7) is 6.72. The fourth-order valence-electron chi connectivity index (χ4n) is 2.12. The lowest BCUT2D eigenvalue weighted by atomic mass is 10.2. The summed E-state index contributed by atoms with van der Waals surface area (Å²) in [5.74, 6) is 0.817. The average Bonchev–Trinajstić information content (AvgIpc) is 2.44. The van der Waals surface area contributed by atoms with E-state index < -0.39 is 0 Å². The van der Waals surface area contributed by atoms with Gasteiger partial charge >= 0.3 is 0 Å². The van der Waals surface area contributed by atoms with Gasteiger partial charge in [0.2, 0.25) is 0 Å². The summed E-state index contributed by atoms with van der Waals surface area (Å²) in [7, 11) is 0. The number of halogens is 1. The molecule has 0 fully saturated rings. The normalized spacial score (nSPS) is 10.3. The summed E-state index contributed by atoms with van der Waals surface area (Å²) in [5.41, 5.74) is 2.51. The molecule has 0 aliphatic rings. The van der Waals surface area contributed by atoms with Crippen LogP contribution in [0.1, 0.15) is 12.5 Å². The molecule has 2 aromatic carbocycles. The van der Waals surface area contributed by atoms with E-state index in [4.69, 9.17) is 16.3 Å². The second kappa shape index (κ2) is 7.20. The van der Waals surface area contributed by atoms with Crippen molar-refractivity contribution in [1.29, 1.82) is 0 Å². The van der Waals surface area contributed by atoms with Crippen LogP contribution in [0.25, 0.3) is 0 Å². The molecule has 2 nitrogen and oxygen atoms in total. The van der Waals surface area contributed by atoms with E-state index >= 15 is 0 Å². The zero-order valence-electron chi connectivity index (χ0n) is 12.0. The van der Waals surface area contributed by atoms with Gasteiger partial charge in [0, 0.05) is 17.3 Å². The minimum Gasteiger partial charge on any atom is -0.492 e. The molecule has 0 N–H and O–H groups in total. The lowest BCUT2D eigenvalue weighted by Crippen LogP contribution is -2.28. The molecule has 0 atom stereocenters. The Hall–Kier alpha value is -1.67. The second-order valence-electron chi connectivity index (χ2n) is 4.72. The van der Waals surface area contributed by atoms with Gasteiger partial charge in [-0.15, -0.1) is 0 Å². The van der Waals surface area contributed by atoms with Crippen LogP contribution in [0, 0.1) is 6.92 Å². The van der Waals surface area contributed by atoms with Crippen molar-refractivity contribution >= 4 is 17.3 Å². The number of hydrogen-bond donors (Lipinski definition) is 0. The largest absolute Gasteiger partial charge is 0.492 e. The van der Waals surface area contributed by atoms with Crippen LogP contribution in [0.15, 0.2) is 48.5 Å². The molecule has 0 amide bonds. The number of rotatable bonds is 6. The predicted octanol–water partition coefficient (Wildman–Crippen LogP) is 4.55. The topological polar surface area (TPSA) is 12.5 Å². The maximum Gasteiger partial charge on any atom is 0.120 e. The zero-order valence-corrected chi connectivity index (χ0v) is 12.7. The number of nitrogens with zero attached hydrogens (tertiary/aromatic N) is 1. The van der Waals surface area contributed by atoms with Crippen molar-refractivity contribution in [3.63, 3.8) is 0 Å². The van der Waals surface area contributed by atoms with Gasteiger partial charge < -0.3 is 9.64 Å². The van der Waals surface area contributed by atoms with E-state index in [0.29, 0.717) is 11.6 Å². The fraction of sp³-hybridized carbons (Fsp3) is 0.294.